The molecule has 0 saturated carbocycles. The predicted octanol–water partition coefficient (Wildman–Crippen LogP) is 1.98. The summed E-state index contributed by atoms with van der Waals surface area (Å²) in [6.07, 6.45) is 5.85. The van der Waals surface area contributed by atoms with E-state index in [-0.39, 0.29) is 11.8 Å². The molecule has 1 aliphatic heterocycles. The van der Waals surface area contributed by atoms with Crippen LogP contribution in [0.15, 0.2) is 24.3 Å². The Bertz CT molecular complexity index is 444. The molecule has 2 rings (SSSR count). The standard InChI is InChI=1S/C14H15NO/c1-3-12-8-14(16)15(9-12)10-13-6-4-5-11(2)7-13/h1,4-7,12H,8-10H2,2H3. The number of nitrogens with zero attached hydrogens (tertiary/aromatic N) is 1. The van der Waals surface area contributed by atoms with E-state index in [0.717, 1.165) is 0 Å². The van der Waals surface area contributed by atoms with Crippen molar-refractivity contribution in [1.82, 2.24) is 4.90 Å². The molecule has 1 aromatic carbocycles. The van der Waals surface area contributed by atoms with Gasteiger partial charge in [0.05, 0.1) is 0 Å². The van der Waals surface area contributed by atoms with Gasteiger partial charge in [0, 0.05) is 25.4 Å². The van der Waals surface area contributed by atoms with Crippen molar-refractivity contribution in [3.05, 3.63) is 35.4 Å². The van der Waals surface area contributed by atoms with Gasteiger partial charge in [0.1, 0.15) is 0 Å². The van der Waals surface area contributed by atoms with E-state index in [1.54, 1.807) is 0 Å². The minimum atomic E-state index is 0.0947. The molecular weight excluding hydrogens is 198 g/mol. The maximum atomic E-state index is 11.7. The minimum absolute atomic E-state index is 0.0947. The number of carbonyl (C=O) groups excluding carboxylic acids is 1. The molecule has 0 bridgehead atoms. The second-order valence-electron chi connectivity index (χ2n) is 4.33. The van der Waals surface area contributed by atoms with Crippen molar-refractivity contribution in [2.45, 2.75) is 19.9 Å². The number of rotatable bonds is 2. The largest absolute Gasteiger partial charge is 0.337 e. The summed E-state index contributed by atoms with van der Waals surface area (Å²) in [5.74, 6) is 2.92. The van der Waals surface area contributed by atoms with E-state index in [9.17, 15) is 4.79 Å². The number of likely N-dealkylation sites (tertiary alicyclic amines) is 1. The number of carbonyl (C=O) groups is 1. The zero-order valence-electron chi connectivity index (χ0n) is 9.44. The lowest BCUT2D eigenvalue weighted by Crippen LogP contribution is -2.24. The molecule has 1 fully saturated rings. The molecule has 1 atom stereocenters. The van der Waals surface area contributed by atoms with Crippen LogP contribution in [0.2, 0.25) is 0 Å². The van der Waals surface area contributed by atoms with Crippen LogP contribution in [0.1, 0.15) is 17.5 Å². The normalized spacial score (nSPS) is 19.9. The SMILES string of the molecule is C#CC1CC(=O)N(Cc2cccc(C)c2)C1. The summed E-state index contributed by atoms with van der Waals surface area (Å²) < 4.78 is 0. The first kappa shape index (κ1) is 10.8. The Kier molecular flexibility index (Phi) is 2.96. The van der Waals surface area contributed by atoms with Gasteiger partial charge in [-0.25, -0.2) is 0 Å². The van der Waals surface area contributed by atoms with Gasteiger partial charge in [-0.05, 0) is 12.5 Å². The summed E-state index contributed by atoms with van der Waals surface area (Å²) in [5, 5.41) is 0. The summed E-state index contributed by atoms with van der Waals surface area (Å²) >= 11 is 0. The van der Waals surface area contributed by atoms with Crippen LogP contribution in [0.5, 0.6) is 0 Å². The monoisotopic (exact) mass is 213 g/mol. The molecule has 0 aliphatic carbocycles. The van der Waals surface area contributed by atoms with Crippen LogP contribution in [-0.4, -0.2) is 17.4 Å². The van der Waals surface area contributed by atoms with Crippen LogP contribution in [0.4, 0.5) is 0 Å². The molecular formula is C14H15NO. The Hall–Kier alpha value is -1.75. The van der Waals surface area contributed by atoms with Gasteiger partial charge < -0.3 is 4.90 Å². The van der Waals surface area contributed by atoms with Crippen molar-refractivity contribution in [2.75, 3.05) is 6.54 Å². The third-order valence-electron chi connectivity index (χ3n) is 2.91. The van der Waals surface area contributed by atoms with Crippen LogP contribution >= 0.6 is 0 Å². The molecule has 1 aromatic rings. The van der Waals surface area contributed by atoms with Gasteiger partial charge in [-0.15, -0.1) is 12.3 Å². The average molecular weight is 213 g/mol. The highest BCUT2D eigenvalue weighted by Crippen LogP contribution is 2.19. The highest BCUT2D eigenvalue weighted by atomic mass is 16.2. The Labute approximate surface area is 96.3 Å². The molecule has 1 amide bonds. The Morgan fingerprint density at radius 2 is 2.38 bits per heavy atom. The Morgan fingerprint density at radius 1 is 1.56 bits per heavy atom. The van der Waals surface area contributed by atoms with Crippen molar-refractivity contribution >= 4 is 5.91 Å². The van der Waals surface area contributed by atoms with Gasteiger partial charge in [-0.1, -0.05) is 29.8 Å². The molecule has 1 aliphatic rings. The quantitative estimate of drug-likeness (QED) is 0.688. The van der Waals surface area contributed by atoms with Gasteiger partial charge in [-0.2, -0.15) is 0 Å². The van der Waals surface area contributed by atoms with Crippen molar-refractivity contribution in [3.63, 3.8) is 0 Å². The molecule has 2 nitrogen and oxygen atoms in total. The van der Waals surface area contributed by atoms with E-state index in [1.165, 1.54) is 11.1 Å². The molecule has 1 heterocycles. The third-order valence-corrected chi connectivity index (χ3v) is 2.91. The number of benzene rings is 1. The molecule has 0 spiro atoms. The van der Waals surface area contributed by atoms with E-state index in [2.05, 4.69) is 25.0 Å². The smallest absolute Gasteiger partial charge is 0.224 e. The third kappa shape index (κ3) is 2.25. The van der Waals surface area contributed by atoms with E-state index < -0.39 is 0 Å². The fourth-order valence-electron chi connectivity index (χ4n) is 2.07. The lowest BCUT2D eigenvalue weighted by molar-refractivity contribution is -0.128. The highest BCUT2D eigenvalue weighted by Gasteiger charge is 2.27. The van der Waals surface area contributed by atoms with Gasteiger partial charge in [0.15, 0.2) is 0 Å². The Balaban J connectivity index is 2.06. The second kappa shape index (κ2) is 4.40. The molecule has 0 N–H and O–H groups in total. The van der Waals surface area contributed by atoms with Gasteiger partial charge >= 0.3 is 0 Å². The fourth-order valence-corrected chi connectivity index (χ4v) is 2.07. The highest BCUT2D eigenvalue weighted by molar-refractivity contribution is 5.79. The van der Waals surface area contributed by atoms with Gasteiger partial charge in [0.25, 0.3) is 0 Å². The van der Waals surface area contributed by atoms with E-state index in [4.69, 9.17) is 6.42 Å². The van der Waals surface area contributed by atoms with Crippen LogP contribution in [0.25, 0.3) is 0 Å². The van der Waals surface area contributed by atoms with Crippen molar-refractivity contribution in [1.29, 1.82) is 0 Å². The first-order chi connectivity index (χ1) is 7.69. The summed E-state index contributed by atoms with van der Waals surface area (Å²) in [5.41, 5.74) is 2.39. The summed E-state index contributed by atoms with van der Waals surface area (Å²) in [4.78, 5) is 13.5. The van der Waals surface area contributed by atoms with Crippen LogP contribution in [-0.2, 0) is 11.3 Å². The topological polar surface area (TPSA) is 20.3 Å². The lowest BCUT2D eigenvalue weighted by Gasteiger charge is -2.16. The van der Waals surface area contributed by atoms with Gasteiger partial charge in [-0.3, -0.25) is 4.79 Å². The number of amides is 1. The van der Waals surface area contributed by atoms with E-state index in [1.807, 2.05) is 17.0 Å². The minimum Gasteiger partial charge on any atom is -0.337 e. The maximum absolute atomic E-state index is 11.7. The summed E-state index contributed by atoms with van der Waals surface area (Å²) in [6.45, 7) is 3.43. The number of hydrogen-bond donors (Lipinski definition) is 0. The van der Waals surface area contributed by atoms with Crippen LogP contribution in [0.3, 0.4) is 0 Å². The van der Waals surface area contributed by atoms with Crippen molar-refractivity contribution in [3.8, 4) is 12.3 Å². The van der Waals surface area contributed by atoms with Crippen LogP contribution in [0, 0.1) is 25.2 Å². The van der Waals surface area contributed by atoms with Crippen LogP contribution < -0.4 is 0 Å². The zero-order chi connectivity index (χ0) is 11.5. The molecule has 1 unspecified atom stereocenters. The Morgan fingerprint density at radius 3 is 3.00 bits per heavy atom. The first-order valence-electron chi connectivity index (χ1n) is 5.48. The molecule has 2 heteroatoms. The summed E-state index contributed by atoms with van der Waals surface area (Å²) in [6, 6.07) is 8.23. The molecule has 0 aromatic heterocycles. The first-order valence-corrected chi connectivity index (χ1v) is 5.48. The van der Waals surface area contributed by atoms with Crippen molar-refractivity contribution < 1.29 is 4.79 Å². The fraction of sp³-hybridized carbons (Fsp3) is 0.357. The summed E-state index contributed by atoms with van der Waals surface area (Å²) in [7, 11) is 0. The second-order valence-corrected chi connectivity index (χ2v) is 4.33. The average Bonchev–Trinajstić information content (AvgIpc) is 2.60. The molecule has 16 heavy (non-hydrogen) atoms. The number of aryl methyl sites for hydroxylation is 1. The molecule has 1 saturated heterocycles. The van der Waals surface area contributed by atoms with Gasteiger partial charge in [0.2, 0.25) is 5.91 Å². The maximum Gasteiger partial charge on any atom is 0.224 e. The van der Waals surface area contributed by atoms with E-state index >= 15 is 0 Å². The predicted molar refractivity (Wildman–Crippen MR) is 63.5 cm³/mol. The zero-order valence-corrected chi connectivity index (χ0v) is 9.44. The molecule has 0 radical (unpaired) electrons. The number of hydrogen-bond acceptors (Lipinski definition) is 1. The molecule has 82 valence electrons. The van der Waals surface area contributed by atoms with Crippen molar-refractivity contribution in [2.24, 2.45) is 5.92 Å². The lowest BCUT2D eigenvalue weighted by atomic mass is 10.1. The van der Waals surface area contributed by atoms with E-state index in [0.29, 0.717) is 19.5 Å². The number of terminal acetylenes is 1.